The molecule has 0 aromatic heterocycles. The van der Waals surface area contributed by atoms with Gasteiger partial charge in [-0.05, 0) is 35.1 Å². The van der Waals surface area contributed by atoms with Crippen molar-refractivity contribution < 1.29 is 14.6 Å². The van der Waals surface area contributed by atoms with Crippen LogP contribution in [-0.2, 0) is 4.79 Å². The van der Waals surface area contributed by atoms with Gasteiger partial charge in [0.1, 0.15) is 5.75 Å². The largest absolute Gasteiger partial charge is 0.497 e. The number of amides is 1. The minimum atomic E-state index is -0.742. The molecule has 0 saturated heterocycles. The number of hydrogen-bond acceptors (Lipinski definition) is 3. The zero-order valence-electron chi connectivity index (χ0n) is 16.1. The van der Waals surface area contributed by atoms with Gasteiger partial charge in [0.2, 0.25) is 5.91 Å². The van der Waals surface area contributed by atoms with Gasteiger partial charge >= 0.3 is 0 Å². The number of methoxy groups -OCH3 is 1. The lowest BCUT2D eigenvalue weighted by molar-refractivity contribution is -0.131. The molecule has 1 amide bonds. The van der Waals surface area contributed by atoms with Crippen LogP contribution in [0.5, 0.6) is 5.75 Å². The van der Waals surface area contributed by atoms with E-state index in [1.807, 2.05) is 36.4 Å². The molecule has 0 aliphatic heterocycles. The van der Waals surface area contributed by atoms with Crippen LogP contribution in [0.15, 0.2) is 54.6 Å². The number of benzene rings is 2. The molecular weight excluding hydrogens is 326 g/mol. The van der Waals surface area contributed by atoms with Crippen LogP contribution in [0.25, 0.3) is 0 Å². The van der Waals surface area contributed by atoms with E-state index in [1.54, 1.807) is 25.1 Å². The van der Waals surface area contributed by atoms with Gasteiger partial charge in [-0.3, -0.25) is 4.79 Å². The van der Waals surface area contributed by atoms with Gasteiger partial charge in [-0.15, -0.1) is 0 Å². The Morgan fingerprint density at radius 3 is 2.35 bits per heavy atom. The molecule has 0 radical (unpaired) electrons. The van der Waals surface area contributed by atoms with Crippen molar-refractivity contribution >= 4 is 5.91 Å². The summed E-state index contributed by atoms with van der Waals surface area (Å²) in [5.74, 6) is 1.26. The van der Waals surface area contributed by atoms with Crippen molar-refractivity contribution in [2.24, 2.45) is 5.92 Å². The fourth-order valence-corrected chi connectivity index (χ4v) is 3.10. The topological polar surface area (TPSA) is 49.8 Å². The summed E-state index contributed by atoms with van der Waals surface area (Å²) in [6, 6.07) is 17.4. The Labute approximate surface area is 156 Å². The fraction of sp³-hybridized carbons (Fsp3) is 0.409. The number of likely N-dealkylation sites (N-methyl/N-ethyl adjacent to an activating group) is 1. The summed E-state index contributed by atoms with van der Waals surface area (Å²) < 4.78 is 5.19. The van der Waals surface area contributed by atoms with Gasteiger partial charge in [0.15, 0.2) is 0 Å². The first-order chi connectivity index (χ1) is 12.4. The summed E-state index contributed by atoms with van der Waals surface area (Å²) in [7, 11) is 3.34. The van der Waals surface area contributed by atoms with Crippen molar-refractivity contribution in [2.75, 3.05) is 20.7 Å². The highest BCUT2D eigenvalue weighted by atomic mass is 16.5. The molecule has 0 spiro atoms. The Balaban J connectivity index is 2.01. The summed E-state index contributed by atoms with van der Waals surface area (Å²) in [5.41, 5.74) is 1.92. The third-order valence-electron chi connectivity index (χ3n) is 4.78. The average molecular weight is 355 g/mol. The normalized spacial score (nSPS) is 13.3. The average Bonchev–Trinajstić information content (AvgIpc) is 2.66. The van der Waals surface area contributed by atoms with Crippen LogP contribution < -0.4 is 4.74 Å². The molecule has 26 heavy (non-hydrogen) atoms. The van der Waals surface area contributed by atoms with Gasteiger partial charge in [0.05, 0.1) is 19.8 Å². The van der Waals surface area contributed by atoms with Crippen molar-refractivity contribution in [1.29, 1.82) is 0 Å². The van der Waals surface area contributed by atoms with E-state index in [1.165, 1.54) is 5.56 Å². The maximum absolute atomic E-state index is 12.7. The van der Waals surface area contributed by atoms with Crippen LogP contribution in [0.1, 0.15) is 43.4 Å². The van der Waals surface area contributed by atoms with Crippen molar-refractivity contribution in [2.45, 2.75) is 32.3 Å². The second kappa shape index (κ2) is 9.39. The minimum absolute atomic E-state index is 0.0366. The molecule has 140 valence electrons. The van der Waals surface area contributed by atoms with E-state index >= 15 is 0 Å². The second-order valence-electron chi connectivity index (χ2n) is 7.03. The van der Waals surface area contributed by atoms with Gasteiger partial charge in [-0.25, -0.2) is 0 Å². The van der Waals surface area contributed by atoms with Gasteiger partial charge in [-0.2, -0.15) is 0 Å². The predicted octanol–water partition coefficient (Wildman–Crippen LogP) is 4.02. The van der Waals surface area contributed by atoms with Crippen LogP contribution in [0.3, 0.4) is 0 Å². The molecule has 2 aromatic rings. The Bertz CT molecular complexity index is 700. The van der Waals surface area contributed by atoms with E-state index in [0.717, 1.165) is 5.56 Å². The first kappa shape index (κ1) is 20.0. The van der Waals surface area contributed by atoms with E-state index in [-0.39, 0.29) is 18.4 Å². The molecule has 0 fully saturated rings. The number of aliphatic hydroxyl groups is 1. The molecule has 2 unspecified atom stereocenters. The molecule has 0 saturated carbocycles. The fourth-order valence-electron chi connectivity index (χ4n) is 3.10. The SMILES string of the molecule is COc1cccc(C(O)CN(C)C(=O)CC(c2ccccc2)C(C)C)c1. The summed E-state index contributed by atoms with van der Waals surface area (Å²) in [6.45, 7) is 4.53. The maximum atomic E-state index is 12.7. The number of carbonyl (C=O) groups is 1. The molecule has 2 atom stereocenters. The molecule has 0 aliphatic rings. The van der Waals surface area contributed by atoms with E-state index in [0.29, 0.717) is 18.1 Å². The first-order valence-electron chi connectivity index (χ1n) is 9.03. The summed E-state index contributed by atoms with van der Waals surface area (Å²) in [5, 5.41) is 10.5. The van der Waals surface area contributed by atoms with E-state index in [9.17, 15) is 9.90 Å². The minimum Gasteiger partial charge on any atom is -0.497 e. The lowest BCUT2D eigenvalue weighted by atomic mass is 9.85. The van der Waals surface area contributed by atoms with Crippen LogP contribution in [0.4, 0.5) is 0 Å². The van der Waals surface area contributed by atoms with Crippen LogP contribution in [0.2, 0.25) is 0 Å². The zero-order valence-corrected chi connectivity index (χ0v) is 16.1. The quantitative estimate of drug-likeness (QED) is 0.778. The highest BCUT2D eigenvalue weighted by molar-refractivity contribution is 5.77. The van der Waals surface area contributed by atoms with Gasteiger partial charge in [-0.1, -0.05) is 56.3 Å². The molecule has 2 rings (SSSR count). The maximum Gasteiger partial charge on any atom is 0.223 e. The van der Waals surface area contributed by atoms with Crippen LogP contribution >= 0.6 is 0 Å². The second-order valence-corrected chi connectivity index (χ2v) is 7.03. The van der Waals surface area contributed by atoms with E-state index in [2.05, 4.69) is 26.0 Å². The number of rotatable bonds is 8. The highest BCUT2D eigenvalue weighted by Crippen LogP contribution is 2.28. The lowest BCUT2D eigenvalue weighted by Gasteiger charge is -2.26. The van der Waals surface area contributed by atoms with Crippen molar-refractivity contribution in [3.05, 3.63) is 65.7 Å². The molecule has 0 aliphatic carbocycles. The van der Waals surface area contributed by atoms with Gasteiger partial charge < -0.3 is 14.7 Å². The highest BCUT2D eigenvalue weighted by Gasteiger charge is 2.23. The summed E-state index contributed by atoms with van der Waals surface area (Å²) in [6.07, 6.45) is -0.309. The van der Waals surface area contributed by atoms with Crippen LogP contribution in [0, 0.1) is 5.92 Å². The van der Waals surface area contributed by atoms with E-state index in [4.69, 9.17) is 4.74 Å². The van der Waals surface area contributed by atoms with E-state index < -0.39 is 6.10 Å². The standard InChI is InChI=1S/C22H29NO3/c1-16(2)20(17-9-6-5-7-10-17)14-22(25)23(3)15-21(24)18-11-8-12-19(13-18)26-4/h5-13,16,20-21,24H,14-15H2,1-4H3. The van der Waals surface area contributed by atoms with Crippen molar-refractivity contribution in [1.82, 2.24) is 4.90 Å². The molecular formula is C22H29NO3. The summed E-state index contributed by atoms with van der Waals surface area (Å²) >= 11 is 0. The van der Waals surface area contributed by atoms with Crippen molar-refractivity contribution in [3.63, 3.8) is 0 Å². The molecule has 4 heteroatoms. The number of hydrogen-bond donors (Lipinski definition) is 1. The third-order valence-corrected chi connectivity index (χ3v) is 4.78. The van der Waals surface area contributed by atoms with Gasteiger partial charge in [0.25, 0.3) is 0 Å². The number of nitrogens with zero attached hydrogens (tertiary/aromatic N) is 1. The zero-order chi connectivity index (χ0) is 19.1. The number of aliphatic hydroxyl groups excluding tert-OH is 1. The van der Waals surface area contributed by atoms with Gasteiger partial charge in [0, 0.05) is 13.5 Å². The lowest BCUT2D eigenvalue weighted by Crippen LogP contribution is -2.32. The third kappa shape index (κ3) is 5.33. The first-order valence-corrected chi connectivity index (χ1v) is 9.03. The smallest absolute Gasteiger partial charge is 0.223 e. The molecule has 1 N–H and O–H groups in total. The van der Waals surface area contributed by atoms with Crippen molar-refractivity contribution in [3.8, 4) is 5.75 Å². The number of carbonyl (C=O) groups excluding carboxylic acids is 1. The monoisotopic (exact) mass is 355 g/mol. The Morgan fingerprint density at radius 1 is 1.08 bits per heavy atom. The van der Waals surface area contributed by atoms with Crippen LogP contribution in [-0.4, -0.2) is 36.6 Å². The summed E-state index contributed by atoms with van der Waals surface area (Å²) in [4.78, 5) is 14.3. The molecule has 0 heterocycles. The Hall–Kier alpha value is -2.33. The molecule has 4 nitrogen and oxygen atoms in total. The molecule has 0 bridgehead atoms. The molecule has 2 aromatic carbocycles. The Kier molecular flexibility index (Phi) is 7.22. The predicted molar refractivity (Wildman–Crippen MR) is 104 cm³/mol. The number of ether oxygens (including phenoxy) is 1. The Morgan fingerprint density at radius 2 is 1.73 bits per heavy atom.